The molecule has 3 N–H and O–H groups in total. The van der Waals surface area contributed by atoms with Gasteiger partial charge in [-0.25, -0.2) is 0 Å². The number of benzene rings is 2. The molecule has 2 amide bonds. The maximum absolute atomic E-state index is 12.5. The Hall–Kier alpha value is -3.22. The summed E-state index contributed by atoms with van der Waals surface area (Å²) in [6.07, 6.45) is 1.77. The van der Waals surface area contributed by atoms with Gasteiger partial charge in [-0.05, 0) is 54.8 Å². The van der Waals surface area contributed by atoms with Crippen molar-refractivity contribution in [3.8, 4) is 11.5 Å². The molecule has 0 radical (unpaired) electrons. The minimum absolute atomic E-state index is 0.117. The number of anilines is 1. The van der Waals surface area contributed by atoms with Gasteiger partial charge in [0.1, 0.15) is 0 Å². The topological polar surface area (TPSA) is 93.9 Å². The van der Waals surface area contributed by atoms with E-state index in [2.05, 4.69) is 10.2 Å². The van der Waals surface area contributed by atoms with Gasteiger partial charge in [0.05, 0.1) is 20.1 Å². The van der Waals surface area contributed by atoms with Crippen LogP contribution in [0.3, 0.4) is 0 Å². The van der Waals surface area contributed by atoms with Crippen LogP contribution in [0, 0.1) is 5.92 Å². The summed E-state index contributed by atoms with van der Waals surface area (Å²) >= 11 is 0. The van der Waals surface area contributed by atoms with E-state index in [4.69, 9.17) is 15.2 Å². The first-order chi connectivity index (χ1) is 14.0. The van der Waals surface area contributed by atoms with Crippen LogP contribution < -0.4 is 25.4 Å². The largest absolute Gasteiger partial charge is 0.493 e. The Labute approximate surface area is 170 Å². The highest BCUT2D eigenvalue weighted by molar-refractivity contribution is 5.94. The molecule has 1 heterocycles. The van der Waals surface area contributed by atoms with E-state index in [1.54, 1.807) is 26.4 Å². The van der Waals surface area contributed by atoms with Crippen LogP contribution in [0.25, 0.3) is 0 Å². The maximum atomic E-state index is 12.5. The smallest absolute Gasteiger partial charge is 0.251 e. The first kappa shape index (κ1) is 20.5. The standard InChI is InChI=1S/C22H27N3O4/c1-28-19-10-5-15(12-20(19)29-2)13-24-22(27)16-6-8-18(9-7-16)25-11-3-4-17(14-25)21(23)26/h5-10,12,17H,3-4,11,13-14H2,1-2H3,(H2,23,26)(H,24,27)/t17-/m1/s1. The van der Waals surface area contributed by atoms with Gasteiger partial charge in [-0.3, -0.25) is 9.59 Å². The third kappa shape index (κ3) is 4.99. The lowest BCUT2D eigenvalue weighted by atomic mass is 9.97. The molecule has 1 aliphatic rings. The first-order valence-electron chi connectivity index (χ1n) is 9.65. The Morgan fingerprint density at radius 1 is 1.10 bits per heavy atom. The van der Waals surface area contributed by atoms with Crippen LogP contribution >= 0.6 is 0 Å². The molecule has 2 aromatic rings. The highest BCUT2D eigenvalue weighted by Gasteiger charge is 2.24. The van der Waals surface area contributed by atoms with Gasteiger partial charge in [-0.2, -0.15) is 0 Å². The molecule has 2 aromatic carbocycles. The lowest BCUT2D eigenvalue weighted by Gasteiger charge is -2.33. The number of carbonyl (C=O) groups excluding carboxylic acids is 2. The molecule has 0 aromatic heterocycles. The second-order valence-electron chi connectivity index (χ2n) is 7.11. The van der Waals surface area contributed by atoms with Crippen molar-refractivity contribution in [2.45, 2.75) is 19.4 Å². The summed E-state index contributed by atoms with van der Waals surface area (Å²) in [5, 5.41) is 2.91. The summed E-state index contributed by atoms with van der Waals surface area (Å²) in [6, 6.07) is 13.0. The average molecular weight is 397 g/mol. The Kier molecular flexibility index (Phi) is 6.59. The lowest BCUT2D eigenvalue weighted by molar-refractivity contribution is -0.122. The number of primary amides is 1. The normalized spacial score (nSPS) is 16.2. The quantitative estimate of drug-likeness (QED) is 0.748. The van der Waals surface area contributed by atoms with Crippen LogP contribution in [0.2, 0.25) is 0 Å². The molecule has 0 spiro atoms. The highest BCUT2D eigenvalue weighted by atomic mass is 16.5. The third-order valence-electron chi connectivity index (χ3n) is 5.22. The minimum Gasteiger partial charge on any atom is -0.493 e. The van der Waals surface area contributed by atoms with Gasteiger partial charge in [-0.15, -0.1) is 0 Å². The van der Waals surface area contributed by atoms with Gasteiger partial charge in [0.15, 0.2) is 11.5 Å². The molecule has 0 aliphatic carbocycles. The number of nitrogens with two attached hydrogens (primary N) is 1. The second-order valence-corrected chi connectivity index (χ2v) is 7.11. The SMILES string of the molecule is COc1ccc(CNC(=O)c2ccc(N3CCC[C@@H](C(N)=O)C3)cc2)cc1OC. The number of piperidine rings is 1. The molecule has 1 aliphatic heterocycles. The fourth-order valence-electron chi connectivity index (χ4n) is 3.54. The van der Waals surface area contributed by atoms with Crippen molar-refractivity contribution in [1.29, 1.82) is 0 Å². The summed E-state index contributed by atoms with van der Waals surface area (Å²) in [5.74, 6) is 0.753. The van der Waals surface area contributed by atoms with E-state index in [-0.39, 0.29) is 17.7 Å². The van der Waals surface area contributed by atoms with Gasteiger partial charge >= 0.3 is 0 Å². The minimum atomic E-state index is -0.249. The third-order valence-corrected chi connectivity index (χ3v) is 5.22. The van der Waals surface area contributed by atoms with Crippen LogP contribution in [0.5, 0.6) is 11.5 Å². The molecule has 1 saturated heterocycles. The van der Waals surface area contributed by atoms with E-state index in [1.807, 2.05) is 30.3 Å². The fourth-order valence-corrected chi connectivity index (χ4v) is 3.54. The zero-order valence-electron chi connectivity index (χ0n) is 16.8. The number of ether oxygens (including phenoxy) is 2. The number of hydrogen-bond acceptors (Lipinski definition) is 5. The molecular weight excluding hydrogens is 370 g/mol. The number of carbonyl (C=O) groups is 2. The number of hydrogen-bond donors (Lipinski definition) is 2. The molecule has 7 heteroatoms. The van der Waals surface area contributed by atoms with Crippen molar-refractivity contribution in [1.82, 2.24) is 5.32 Å². The molecule has 154 valence electrons. The molecule has 1 atom stereocenters. The number of methoxy groups -OCH3 is 2. The fraction of sp³-hybridized carbons (Fsp3) is 0.364. The van der Waals surface area contributed by atoms with Gasteiger partial charge in [-0.1, -0.05) is 6.07 Å². The van der Waals surface area contributed by atoms with E-state index in [1.165, 1.54) is 0 Å². The summed E-state index contributed by atoms with van der Waals surface area (Å²) < 4.78 is 10.5. The van der Waals surface area contributed by atoms with Crippen molar-refractivity contribution in [2.75, 3.05) is 32.2 Å². The monoisotopic (exact) mass is 397 g/mol. The predicted molar refractivity (Wildman–Crippen MR) is 111 cm³/mol. The Morgan fingerprint density at radius 2 is 1.83 bits per heavy atom. The number of nitrogens with one attached hydrogen (secondary N) is 1. The molecular formula is C22H27N3O4. The Bertz CT molecular complexity index is 867. The van der Waals surface area contributed by atoms with Crippen molar-refractivity contribution in [2.24, 2.45) is 11.7 Å². The molecule has 1 fully saturated rings. The summed E-state index contributed by atoms with van der Waals surface area (Å²) in [4.78, 5) is 26.1. The lowest BCUT2D eigenvalue weighted by Crippen LogP contribution is -2.41. The van der Waals surface area contributed by atoms with Crippen LogP contribution in [-0.2, 0) is 11.3 Å². The summed E-state index contributed by atoms with van der Waals surface area (Å²) in [6.45, 7) is 1.89. The van der Waals surface area contributed by atoms with Crippen LogP contribution in [-0.4, -0.2) is 39.1 Å². The van der Waals surface area contributed by atoms with E-state index in [0.29, 0.717) is 30.2 Å². The zero-order valence-corrected chi connectivity index (χ0v) is 16.8. The molecule has 7 nitrogen and oxygen atoms in total. The van der Waals surface area contributed by atoms with Gasteiger partial charge < -0.3 is 25.4 Å². The van der Waals surface area contributed by atoms with Crippen molar-refractivity contribution in [3.05, 3.63) is 53.6 Å². The van der Waals surface area contributed by atoms with Gasteiger partial charge in [0.25, 0.3) is 5.91 Å². The summed E-state index contributed by atoms with van der Waals surface area (Å²) in [5.41, 5.74) is 7.94. The van der Waals surface area contributed by atoms with E-state index in [0.717, 1.165) is 30.6 Å². The van der Waals surface area contributed by atoms with Crippen molar-refractivity contribution >= 4 is 17.5 Å². The Balaban J connectivity index is 1.60. The number of amides is 2. The second kappa shape index (κ2) is 9.32. The van der Waals surface area contributed by atoms with Crippen LogP contribution in [0.4, 0.5) is 5.69 Å². The van der Waals surface area contributed by atoms with Crippen LogP contribution in [0.15, 0.2) is 42.5 Å². The number of nitrogens with zero attached hydrogens (tertiary/aromatic N) is 1. The Morgan fingerprint density at radius 3 is 2.48 bits per heavy atom. The number of rotatable bonds is 7. The highest BCUT2D eigenvalue weighted by Crippen LogP contribution is 2.27. The first-order valence-corrected chi connectivity index (χ1v) is 9.65. The molecule has 0 saturated carbocycles. The van der Waals surface area contributed by atoms with E-state index < -0.39 is 0 Å². The predicted octanol–water partition coefficient (Wildman–Crippen LogP) is 2.34. The van der Waals surface area contributed by atoms with Crippen LogP contribution in [0.1, 0.15) is 28.8 Å². The molecule has 0 bridgehead atoms. The molecule has 3 rings (SSSR count). The van der Waals surface area contributed by atoms with Gasteiger partial charge in [0.2, 0.25) is 5.91 Å². The average Bonchev–Trinajstić information content (AvgIpc) is 2.77. The molecule has 29 heavy (non-hydrogen) atoms. The maximum Gasteiger partial charge on any atom is 0.251 e. The van der Waals surface area contributed by atoms with E-state index >= 15 is 0 Å². The summed E-state index contributed by atoms with van der Waals surface area (Å²) in [7, 11) is 3.16. The van der Waals surface area contributed by atoms with Crippen molar-refractivity contribution in [3.63, 3.8) is 0 Å². The van der Waals surface area contributed by atoms with Gasteiger partial charge in [0, 0.05) is 30.9 Å². The zero-order chi connectivity index (χ0) is 20.8. The van der Waals surface area contributed by atoms with E-state index in [9.17, 15) is 9.59 Å². The van der Waals surface area contributed by atoms with Crippen molar-refractivity contribution < 1.29 is 19.1 Å². The molecule has 0 unspecified atom stereocenters.